The third kappa shape index (κ3) is 3.09. The number of hydrogen-bond acceptors (Lipinski definition) is 6. The maximum absolute atomic E-state index is 11.9. The van der Waals surface area contributed by atoms with Crippen molar-refractivity contribution in [2.45, 2.75) is 45.3 Å². The van der Waals surface area contributed by atoms with Gasteiger partial charge in [-0.2, -0.15) is 5.10 Å². The van der Waals surface area contributed by atoms with E-state index in [-0.39, 0.29) is 18.0 Å². The summed E-state index contributed by atoms with van der Waals surface area (Å²) in [5.74, 6) is 0.898. The minimum absolute atomic E-state index is 0.0607. The molecule has 0 unspecified atom stereocenters. The van der Waals surface area contributed by atoms with Gasteiger partial charge in [0.15, 0.2) is 0 Å². The zero-order chi connectivity index (χ0) is 17.4. The number of carbonyl (C=O) groups excluding carboxylic acids is 1. The fourth-order valence-corrected chi connectivity index (χ4v) is 4.10. The number of carbonyl (C=O) groups is 1. The van der Waals surface area contributed by atoms with E-state index in [9.17, 15) is 4.79 Å². The number of nitrogens with zero attached hydrogens (tertiary/aromatic N) is 4. The molecule has 8 heteroatoms. The Labute approximate surface area is 149 Å². The number of rotatable bonds is 4. The highest BCUT2D eigenvalue weighted by atomic mass is 32.1. The molecule has 25 heavy (non-hydrogen) atoms. The van der Waals surface area contributed by atoms with E-state index in [1.807, 2.05) is 24.0 Å². The SMILES string of the molecule is CCn1cc([C@@H]2NC(=O)CC[C@H]2Nc2ncnc3sc(C)cc23)cn1. The van der Waals surface area contributed by atoms with E-state index in [1.165, 1.54) is 4.88 Å². The molecular weight excluding hydrogens is 336 g/mol. The van der Waals surface area contributed by atoms with E-state index in [1.54, 1.807) is 17.7 Å². The molecule has 1 aliphatic heterocycles. The van der Waals surface area contributed by atoms with Gasteiger partial charge < -0.3 is 10.6 Å². The molecule has 4 rings (SSSR count). The first-order valence-corrected chi connectivity index (χ1v) is 9.25. The van der Waals surface area contributed by atoms with Gasteiger partial charge in [-0.25, -0.2) is 9.97 Å². The zero-order valence-electron chi connectivity index (χ0n) is 14.2. The topological polar surface area (TPSA) is 84.7 Å². The summed E-state index contributed by atoms with van der Waals surface area (Å²) < 4.78 is 1.87. The van der Waals surface area contributed by atoms with Crippen molar-refractivity contribution in [3.8, 4) is 0 Å². The largest absolute Gasteiger partial charge is 0.364 e. The predicted octanol–water partition coefficient (Wildman–Crippen LogP) is 2.65. The number of hydrogen-bond donors (Lipinski definition) is 2. The molecular formula is C17H20N6OS. The van der Waals surface area contributed by atoms with Gasteiger partial charge in [-0.15, -0.1) is 11.3 Å². The Kier molecular flexibility index (Phi) is 4.12. The molecule has 2 N–H and O–H groups in total. The smallest absolute Gasteiger partial charge is 0.220 e. The second kappa shape index (κ2) is 6.44. The van der Waals surface area contributed by atoms with Crippen molar-refractivity contribution >= 4 is 33.3 Å². The number of piperidine rings is 1. The molecule has 1 amide bonds. The molecule has 2 atom stereocenters. The van der Waals surface area contributed by atoms with Crippen molar-refractivity contribution in [2.75, 3.05) is 5.32 Å². The van der Waals surface area contributed by atoms with E-state index < -0.39 is 0 Å². The van der Waals surface area contributed by atoms with Crippen LogP contribution in [0.4, 0.5) is 5.82 Å². The van der Waals surface area contributed by atoms with E-state index in [0.29, 0.717) is 6.42 Å². The molecule has 1 aliphatic rings. The van der Waals surface area contributed by atoms with Crippen LogP contribution >= 0.6 is 11.3 Å². The van der Waals surface area contributed by atoms with E-state index in [2.05, 4.69) is 38.7 Å². The fraction of sp³-hybridized carbons (Fsp3) is 0.412. The molecule has 1 fully saturated rings. The van der Waals surface area contributed by atoms with Gasteiger partial charge >= 0.3 is 0 Å². The number of anilines is 1. The molecule has 3 aromatic heterocycles. The lowest BCUT2D eigenvalue weighted by Gasteiger charge is -2.32. The van der Waals surface area contributed by atoms with Crippen LogP contribution in [0.15, 0.2) is 24.8 Å². The van der Waals surface area contributed by atoms with Crippen LogP contribution in [0, 0.1) is 6.92 Å². The van der Waals surface area contributed by atoms with Gasteiger partial charge in [0.1, 0.15) is 17.0 Å². The van der Waals surface area contributed by atoms with Crippen LogP contribution in [-0.4, -0.2) is 31.7 Å². The molecule has 0 aromatic carbocycles. The molecule has 0 saturated carbocycles. The van der Waals surface area contributed by atoms with E-state index in [4.69, 9.17) is 0 Å². The Morgan fingerprint density at radius 3 is 3.12 bits per heavy atom. The molecule has 4 heterocycles. The normalized spacial score (nSPS) is 20.6. The van der Waals surface area contributed by atoms with Crippen LogP contribution in [0.2, 0.25) is 0 Å². The summed E-state index contributed by atoms with van der Waals surface area (Å²) in [4.78, 5) is 22.9. The van der Waals surface area contributed by atoms with Gasteiger partial charge in [0.05, 0.1) is 23.7 Å². The molecule has 7 nitrogen and oxygen atoms in total. The lowest BCUT2D eigenvalue weighted by atomic mass is 9.93. The first-order chi connectivity index (χ1) is 12.1. The molecule has 3 aromatic rings. The molecule has 1 saturated heterocycles. The Hall–Kier alpha value is -2.48. The van der Waals surface area contributed by atoms with Gasteiger partial charge in [0.25, 0.3) is 0 Å². The van der Waals surface area contributed by atoms with Gasteiger partial charge in [0, 0.05) is 29.6 Å². The summed E-state index contributed by atoms with van der Waals surface area (Å²) in [5, 5.41) is 12.0. The summed E-state index contributed by atoms with van der Waals surface area (Å²) in [7, 11) is 0. The second-order valence-electron chi connectivity index (χ2n) is 6.26. The number of aromatic nitrogens is 4. The standard InChI is InChI=1S/C17H20N6OS/c1-3-23-8-11(7-20-23)15-13(4-5-14(24)22-15)21-16-12-6-10(2)25-17(12)19-9-18-16/h6-9,13,15H,3-5H2,1-2H3,(H,22,24)(H,18,19,21)/t13-,15+/m1/s1. The van der Waals surface area contributed by atoms with Crippen molar-refractivity contribution in [3.05, 3.63) is 35.2 Å². The number of thiophene rings is 1. The highest BCUT2D eigenvalue weighted by molar-refractivity contribution is 7.18. The number of amides is 1. The van der Waals surface area contributed by atoms with Crippen molar-refractivity contribution in [1.82, 2.24) is 25.1 Å². The summed E-state index contributed by atoms with van der Waals surface area (Å²) in [5.41, 5.74) is 1.01. The average Bonchev–Trinajstić information content (AvgIpc) is 3.22. The molecule has 0 aliphatic carbocycles. The van der Waals surface area contributed by atoms with Gasteiger partial charge in [-0.1, -0.05) is 0 Å². The van der Waals surface area contributed by atoms with Crippen LogP contribution < -0.4 is 10.6 Å². The third-order valence-electron chi connectivity index (χ3n) is 4.51. The first kappa shape index (κ1) is 16.0. The predicted molar refractivity (Wildman–Crippen MR) is 97.6 cm³/mol. The summed E-state index contributed by atoms with van der Waals surface area (Å²) in [6.07, 6.45) is 6.68. The van der Waals surface area contributed by atoms with Crippen molar-refractivity contribution in [1.29, 1.82) is 0 Å². The van der Waals surface area contributed by atoms with Crippen LogP contribution in [-0.2, 0) is 11.3 Å². The molecule has 0 bridgehead atoms. The average molecular weight is 356 g/mol. The van der Waals surface area contributed by atoms with Crippen LogP contribution in [0.3, 0.4) is 0 Å². The van der Waals surface area contributed by atoms with E-state index >= 15 is 0 Å². The van der Waals surface area contributed by atoms with Crippen molar-refractivity contribution < 1.29 is 4.79 Å². The van der Waals surface area contributed by atoms with Crippen LogP contribution in [0.5, 0.6) is 0 Å². The van der Waals surface area contributed by atoms with Gasteiger partial charge in [-0.3, -0.25) is 9.48 Å². The zero-order valence-corrected chi connectivity index (χ0v) is 15.0. The highest BCUT2D eigenvalue weighted by Crippen LogP contribution is 2.31. The first-order valence-electron chi connectivity index (χ1n) is 8.43. The Bertz CT molecular complexity index is 917. The molecule has 0 radical (unpaired) electrons. The summed E-state index contributed by atoms with van der Waals surface area (Å²) >= 11 is 1.66. The lowest BCUT2D eigenvalue weighted by molar-refractivity contribution is -0.123. The summed E-state index contributed by atoms with van der Waals surface area (Å²) in [6.45, 7) is 4.92. The summed E-state index contributed by atoms with van der Waals surface area (Å²) in [6, 6.07) is 2.05. The Morgan fingerprint density at radius 1 is 1.44 bits per heavy atom. The maximum atomic E-state index is 11.9. The van der Waals surface area contributed by atoms with Crippen LogP contribution in [0.1, 0.15) is 36.2 Å². The monoisotopic (exact) mass is 356 g/mol. The second-order valence-corrected chi connectivity index (χ2v) is 7.50. The lowest BCUT2D eigenvalue weighted by Crippen LogP contribution is -2.45. The van der Waals surface area contributed by atoms with E-state index in [0.717, 1.165) is 34.6 Å². The highest BCUT2D eigenvalue weighted by Gasteiger charge is 2.31. The number of nitrogens with one attached hydrogen (secondary N) is 2. The number of aryl methyl sites for hydroxylation is 2. The van der Waals surface area contributed by atoms with Crippen LogP contribution in [0.25, 0.3) is 10.2 Å². The maximum Gasteiger partial charge on any atom is 0.220 e. The minimum Gasteiger partial charge on any atom is -0.364 e. The van der Waals surface area contributed by atoms with Crippen molar-refractivity contribution in [2.24, 2.45) is 0 Å². The van der Waals surface area contributed by atoms with Crippen molar-refractivity contribution in [3.63, 3.8) is 0 Å². The molecule has 130 valence electrons. The Morgan fingerprint density at radius 2 is 2.32 bits per heavy atom. The molecule has 0 spiro atoms. The van der Waals surface area contributed by atoms with Gasteiger partial charge in [-0.05, 0) is 26.3 Å². The fourth-order valence-electron chi connectivity index (χ4n) is 3.25. The third-order valence-corrected chi connectivity index (χ3v) is 5.47. The number of fused-ring (bicyclic) bond motifs is 1. The minimum atomic E-state index is -0.119. The quantitative estimate of drug-likeness (QED) is 0.751. The Balaban J connectivity index is 1.65. The van der Waals surface area contributed by atoms with Gasteiger partial charge in [0.2, 0.25) is 5.91 Å².